The molecule has 0 aliphatic heterocycles. The zero-order valence-corrected chi connectivity index (χ0v) is 54.0. The van der Waals surface area contributed by atoms with Crippen molar-refractivity contribution in [1.82, 2.24) is 0 Å². The van der Waals surface area contributed by atoms with Crippen molar-refractivity contribution in [2.75, 3.05) is 0 Å². The Morgan fingerprint density at radius 1 is 0.220 bits per heavy atom. The van der Waals surface area contributed by atoms with E-state index in [9.17, 15) is 0 Å². The maximum atomic E-state index is 3.30. The first-order valence-electron chi connectivity index (χ1n) is 27.3. The second-order valence-corrected chi connectivity index (χ2v) is 23.4. The van der Waals surface area contributed by atoms with Crippen molar-refractivity contribution >= 4 is 6.51 Å². The van der Waals surface area contributed by atoms with Crippen LogP contribution in [-0.2, 0) is 73.5 Å². The predicted octanol–water partition coefficient (Wildman–Crippen LogP) is 11.8. The number of halogens is 2. The fourth-order valence-electron chi connectivity index (χ4n) is 10.7. The van der Waals surface area contributed by atoms with Gasteiger partial charge in [0.05, 0.1) is 0 Å². The van der Waals surface area contributed by atoms with Gasteiger partial charge in [0.1, 0.15) is 0 Å². The van der Waals surface area contributed by atoms with E-state index >= 15 is 0 Å². The largest absolute Gasteiger partial charge is 0.179 e. The van der Waals surface area contributed by atoms with Gasteiger partial charge in [0.25, 0.3) is 0 Å². The van der Waals surface area contributed by atoms with Crippen molar-refractivity contribution in [2.45, 2.75) is 25.7 Å². The van der Waals surface area contributed by atoms with Gasteiger partial charge in [-0.15, -0.1) is 22.3 Å². The molecular formula is C78H56Cl2Hf2-2. The summed E-state index contributed by atoms with van der Waals surface area (Å²) in [7, 11) is 0. The van der Waals surface area contributed by atoms with Gasteiger partial charge >= 0.3 is 198 Å². The molecule has 12 aromatic rings. The molecule has 0 amide bonds. The van der Waals surface area contributed by atoms with Crippen LogP contribution in [0.5, 0.6) is 0 Å². The third kappa shape index (κ3) is 14.5. The molecule has 4 aliphatic carbocycles. The van der Waals surface area contributed by atoms with E-state index in [4.69, 9.17) is 0 Å². The van der Waals surface area contributed by atoms with Gasteiger partial charge in [-0.25, -0.2) is 0 Å². The molecule has 0 bridgehead atoms. The Kier molecular flexibility index (Phi) is 21.4. The third-order valence-corrected chi connectivity index (χ3v) is 18.9. The van der Waals surface area contributed by atoms with E-state index in [2.05, 4.69) is 291 Å². The topological polar surface area (TPSA) is 0 Å². The van der Waals surface area contributed by atoms with Gasteiger partial charge in [0.15, 0.2) is 0 Å². The average Bonchev–Trinajstić information content (AvgIpc) is 4.33. The first-order chi connectivity index (χ1) is 39.6. The van der Waals surface area contributed by atoms with Gasteiger partial charge in [-0.2, -0.15) is 119 Å². The summed E-state index contributed by atoms with van der Waals surface area (Å²) in [5.41, 5.74) is 27.4. The number of hydrogen-bond donors (Lipinski definition) is 0. The number of benzene rings is 12. The van der Waals surface area contributed by atoms with Crippen LogP contribution >= 0.6 is 0 Å². The van der Waals surface area contributed by atoms with Gasteiger partial charge in [0.2, 0.25) is 0 Å². The number of fused-ring (bicyclic) bond motifs is 12. The summed E-state index contributed by atoms with van der Waals surface area (Å²) in [5.74, 6) is 0. The molecule has 0 aromatic heterocycles. The predicted molar refractivity (Wildman–Crippen MR) is 326 cm³/mol. The van der Waals surface area contributed by atoms with Crippen LogP contribution in [0.1, 0.15) is 66.8 Å². The number of rotatable bonds is 4. The molecule has 16 rings (SSSR count). The summed E-state index contributed by atoms with van der Waals surface area (Å²) in [6, 6.07) is 115. The standard InChI is InChI=1S/4C13H9.2C13H10.2ClH.2Hf/c4*1-3-7-12-10(5-1)9-11-6-2-4-8-13(11)12;2*1-3-7-12(8-4-1)11-13-9-5-2-6-10-13;;;;/h4*1-5,7-8H,9H2;2*1-10H;2*1H;;/q4*-1;;;;;2*+2/p-2. The fraction of sp³-hybridized carbons (Fsp3) is 0.0513. The molecule has 12 aromatic carbocycles. The van der Waals surface area contributed by atoms with Crippen molar-refractivity contribution in [3.63, 3.8) is 0 Å². The van der Waals surface area contributed by atoms with E-state index in [1.807, 2.05) is 24.3 Å². The van der Waals surface area contributed by atoms with Crippen LogP contribution < -0.4 is 24.8 Å². The van der Waals surface area contributed by atoms with Crippen molar-refractivity contribution in [1.29, 1.82) is 0 Å². The summed E-state index contributed by atoms with van der Waals surface area (Å²) in [6.07, 6.45) is 4.19. The molecule has 0 radical (unpaired) electrons. The SMILES string of the molecule is [Cl-].[Cl-].[Hf+2]=[C](c1ccccc1)c1ccccc1.[Hf+2]=[C](c1ccccc1)c1ccccc1.[c-]1cccc2c1Cc1ccccc1-2.[c-]1cccc2c1Cc1ccccc1-2.[c-]1cccc2c1Cc1ccccc1-2.[c-]1cccc2c1Cc1ccccc1-2. The van der Waals surface area contributed by atoms with Crippen LogP contribution in [0.3, 0.4) is 0 Å². The molecule has 0 spiro atoms. The molecule has 4 heteroatoms. The van der Waals surface area contributed by atoms with Crippen LogP contribution in [0.25, 0.3) is 44.5 Å². The first kappa shape index (κ1) is 59.3. The Hall–Kier alpha value is -7.30. The van der Waals surface area contributed by atoms with Crippen molar-refractivity contribution in [3.05, 3.63) is 382 Å². The van der Waals surface area contributed by atoms with Crippen LogP contribution in [0.2, 0.25) is 0 Å². The van der Waals surface area contributed by atoms with E-state index in [0.29, 0.717) is 0 Å². The van der Waals surface area contributed by atoms with Crippen molar-refractivity contribution < 1.29 is 72.6 Å². The maximum Gasteiger partial charge on any atom is -0.0253 e. The molecular weight excluding hydrogens is 1360 g/mol. The monoisotopic (exact) mass is 1420 g/mol. The third-order valence-electron chi connectivity index (χ3n) is 14.7. The first-order valence-corrected chi connectivity index (χ1v) is 30.8. The van der Waals surface area contributed by atoms with E-state index < -0.39 is 0 Å². The molecule has 0 saturated carbocycles. The minimum Gasteiger partial charge on any atom is -0.179 e. The Balaban J connectivity index is 0.000000118. The molecule has 0 saturated heterocycles. The Morgan fingerprint density at radius 2 is 0.402 bits per heavy atom. The van der Waals surface area contributed by atoms with Crippen LogP contribution in [0.15, 0.2) is 291 Å². The van der Waals surface area contributed by atoms with Crippen LogP contribution in [0, 0.1) is 24.3 Å². The summed E-state index contributed by atoms with van der Waals surface area (Å²) >= 11 is 2.16. The van der Waals surface area contributed by atoms with Crippen molar-refractivity contribution in [2.24, 2.45) is 0 Å². The minimum absolute atomic E-state index is 0. The van der Waals surface area contributed by atoms with Gasteiger partial charge in [0, 0.05) is 0 Å². The van der Waals surface area contributed by atoms with Gasteiger partial charge in [-0.05, 0) is 25.7 Å². The molecule has 0 N–H and O–H groups in total. The summed E-state index contributed by atoms with van der Waals surface area (Å²) in [4.78, 5) is 0. The number of hydrogen-bond acceptors (Lipinski definition) is 0. The van der Waals surface area contributed by atoms with Gasteiger partial charge in [-0.1, -0.05) is 142 Å². The molecule has 4 aliphatic rings. The second kappa shape index (κ2) is 29.6. The molecule has 0 atom stereocenters. The molecule has 0 heterocycles. The van der Waals surface area contributed by atoms with Gasteiger partial charge < -0.3 is 24.8 Å². The molecule has 82 heavy (non-hydrogen) atoms. The minimum atomic E-state index is 0. The molecule has 392 valence electrons. The molecule has 0 fully saturated rings. The van der Waals surface area contributed by atoms with Crippen molar-refractivity contribution in [3.8, 4) is 44.5 Å². The van der Waals surface area contributed by atoms with Gasteiger partial charge in [-0.3, -0.25) is 0 Å². The molecule has 0 nitrogen and oxygen atoms in total. The fourth-order valence-corrected chi connectivity index (χ4v) is 13.1. The quantitative estimate of drug-likeness (QED) is 0.122. The Morgan fingerprint density at radius 3 is 0.622 bits per heavy atom. The zero-order chi connectivity index (χ0) is 54.3. The second-order valence-electron chi connectivity index (χ2n) is 19.8. The average molecular weight is 1420 g/mol. The summed E-state index contributed by atoms with van der Waals surface area (Å²) in [5, 5.41) is 0. The molecule has 0 unspecified atom stereocenters. The summed E-state index contributed by atoms with van der Waals surface area (Å²) in [6.45, 7) is 0. The summed E-state index contributed by atoms with van der Waals surface area (Å²) < 4.78 is 2.93. The normalized spacial score (nSPS) is 11.2. The zero-order valence-electron chi connectivity index (χ0n) is 45.3. The smallest absolute Gasteiger partial charge is 0.0253 e. The van der Waals surface area contributed by atoms with E-state index in [1.165, 1.54) is 118 Å². The van der Waals surface area contributed by atoms with E-state index in [0.717, 1.165) is 73.5 Å². The van der Waals surface area contributed by atoms with Crippen LogP contribution in [0.4, 0.5) is 0 Å². The maximum absolute atomic E-state index is 3.30. The van der Waals surface area contributed by atoms with Crippen LogP contribution in [-0.4, -0.2) is 6.51 Å². The van der Waals surface area contributed by atoms with E-state index in [1.54, 1.807) is 0 Å². The Labute approximate surface area is 526 Å². The van der Waals surface area contributed by atoms with E-state index in [-0.39, 0.29) is 24.8 Å². The Bertz CT molecular complexity index is 3340.